The van der Waals surface area contributed by atoms with Gasteiger partial charge in [-0.05, 0) is 44.7 Å². The van der Waals surface area contributed by atoms with Crippen molar-refractivity contribution in [1.29, 1.82) is 0 Å². The molecule has 0 amide bonds. The minimum atomic E-state index is -0.811. The third-order valence-corrected chi connectivity index (χ3v) is 5.26. The number of hydrogen-bond donors (Lipinski definition) is 1. The third-order valence-electron chi connectivity index (χ3n) is 2.92. The predicted molar refractivity (Wildman–Crippen MR) is 73.9 cm³/mol. The first kappa shape index (κ1) is 12.7. The smallest absolute Gasteiger partial charge is 0.103 e. The summed E-state index contributed by atoms with van der Waals surface area (Å²) in [6.07, 6.45) is 0.591. The van der Waals surface area contributed by atoms with Crippen LogP contribution in [0.4, 0.5) is 0 Å². The van der Waals surface area contributed by atoms with Crippen LogP contribution < -0.4 is 0 Å². The van der Waals surface area contributed by atoms with Gasteiger partial charge in [-0.25, -0.2) is 4.98 Å². The van der Waals surface area contributed by atoms with E-state index >= 15 is 0 Å². The zero-order valence-electron chi connectivity index (χ0n) is 10.6. The van der Waals surface area contributed by atoms with E-state index in [0.717, 1.165) is 21.1 Å². The molecule has 2 nitrogen and oxygen atoms in total. The van der Waals surface area contributed by atoms with Gasteiger partial charge in [-0.3, -0.25) is 0 Å². The number of thiophene rings is 1. The standard InChI is InChI=1S/C13H17NOS2/c1-8-5-6-16-12(8)13(4,15)7-11-14-9(2)10(3)17-11/h5-6,15H,7H2,1-4H3. The van der Waals surface area contributed by atoms with Crippen LogP contribution in [0, 0.1) is 20.8 Å². The maximum absolute atomic E-state index is 10.6. The van der Waals surface area contributed by atoms with Gasteiger partial charge in [0.15, 0.2) is 0 Å². The molecule has 2 aromatic heterocycles. The molecule has 0 bridgehead atoms. The molecule has 2 rings (SSSR count). The quantitative estimate of drug-likeness (QED) is 0.922. The van der Waals surface area contributed by atoms with Crippen molar-refractivity contribution in [2.24, 2.45) is 0 Å². The highest BCUT2D eigenvalue weighted by molar-refractivity contribution is 7.11. The Morgan fingerprint density at radius 2 is 2.06 bits per heavy atom. The third kappa shape index (κ3) is 2.59. The second-order valence-electron chi connectivity index (χ2n) is 4.63. The summed E-state index contributed by atoms with van der Waals surface area (Å²) >= 11 is 3.29. The number of hydrogen-bond acceptors (Lipinski definition) is 4. The summed E-state index contributed by atoms with van der Waals surface area (Å²) in [6, 6.07) is 2.05. The highest BCUT2D eigenvalue weighted by atomic mass is 32.1. The van der Waals surface area contributed by atoms with Gasteiger partial charge in [0.1, 0.15) is 5.60 Å². The summed E-state index contributed by atoms with van der Waals surface area (Å²) in [4.78, 5) is 6.78. The molecule has 92 valence electrons. The van der Waals surface area contributed by atoms with Crippen molar-refractivity contribution < 1.29 is 5.11 Å². The topological polar surface area (TPSA) is 33.1 Å². The van der Waals surface area contributed by atoms with Gasteiger partial charge in [0, 0.05) is 16.2 Å². The van der Waals surface area contributed by atoms with Crippen LogP contribution in [0.3, 0.4) is 0 Å². The lowest BCUT2D eigenvalue weighted by Gasteiger charge is -2.21. The molecule has 1 atom stereocenters. The van der Waals surface area contributed by atoms with Gasteiger partial charge in [0.2, 0.25) is 0 Å². The molecule has 2 aromatic rings. The lowest BCUT2D eigenvalue weighted by Crippen LogP contribution is -2.23. The van der Waals surface area contributed by atoms with Gasteiger partial charge >= 0.3 is 0 Å². The number of aliphatic hydroxyl groups is 1. The Morgan fingerprint density at radius 3 is 2.53 bits per heavy atom. The monoisotopic (exact) mass is 267 g/mol. The summed E-state index contributed by atoms with van der Waals surface area (Å²) in [5.41, 5.74) is 1.42. The Kier molecular flexibility index (Phi) is 3.39. The lowest BCUT2D eigenvalue weighted by molar-refractivity contribution is 0.0608. The minimum Gasteiger partial charge on any atom is -0.384 e. The van der Waals surface area contributed by atoms with Crippen LogP contribution >= 0.6 is 22.7 Å². The van der Waals surface area contributed by atoms with Gasteiger partial charge in [-0.1, -0.05) is 0 Å². The first-order valence-corrected chi connectivity index (χ1v) is 7.29. The molecule has 0 aliphatic carbocycles. The summed E-state index contributed by atoms with van der Waals surface area (Å²) in [5.74, 6) is 0. The van der Waals surface area contributed by atoms with Gasteiger partial charge in [0.05, 0.1) is 10.7 Å². The Labute approximate surface area is 110 Å². The molecule has 0 aliphatic rings. The normalized spacial score (nSPS) is 14.9. The van der Waals surface area contributed by atoms with E-state index in [1.165, 1.54) is 4.88 Å². The maximum Gasteiger partial charge on any atom is 0.103 e. The first-order chi connectivity index (χ1) is 7.90. The Hall–Kier alpha value is -0.710. The van der Waals surface area contributed by atoms with E-state index in [1.54, 1.807) is 22.7 Å². The lowest BCUT2D eigenvalue weighted by atomic mass is 9.98. The summed E-state index contributed by atoms with van der Waals surface area (Å²) in [7, 11) is 0. The van der Waals surface area contributed by atoms with E-state index in [4.69, 9.17) is 0 Å². The summed E-state index contributed by atoms with van der Waals surface area (Å²) < 4.78 is 0. The second kappa shape index (κ2) is 4.52. The van der Waals surface area contributed by atoms with E-state index in [1.807, 2.05) is 32.2 Å². The molecule has 0 radical (unpaired) electrons. The molecule has 2 heterocycles. The average Bonchev–Trinajstić information content (AvgIpc) is 2.74. The van der Waals surface area contributed by atoms with Crippen LogP contribution in [0.15, 0.2) is 11.4 Å². The van der Waals surface area contributed by atoms with E-state index in [0.29, 0.717) is 6.42 Å². The number of nitrogens with zero attached hydrogens (tertiary/aromatic N) is 1. The van der Waals surface area contributed by atoms with E-state index in [-0.39, 0.29) is 0 Å². The van der Waals surface area contributed by atoms with Crippen LogP contribution in [0.2, 0.25) is 0 Å². The van der Waals surface area contributed by atoms with Crippen LogP contribution in [0.25, 0.3) is 0 Å². The molecule has 1 unspecified atom stereocenters. The number of thiazole rings is 1. The highest BCUT2D eigenvalue weighted by Gasteiger charge is 2.28. The molecule has 0 saturated carbocycles. The number of aryl methyl sites for hydroxylation is 3. The molecule has 0 saturated heterocycles. The molecule has 0 spiro atoms. The van der Waals surface area contributed by atoms with Gasteiger partial charge in [-0.2, -0.15) is 0 Å². The van der Waals surface area contributed by atoms with Gasteiger partial charge in [-0.15, -0.1) is 22.7 Å². The molecular formula is C13H17NOS2. The molecule has 0 fully saturated rings. The molecular weight excluding hydrogens is 250 g/mol. The van der Waals surface area contributed by atoms with Crippen molar-refractivity contribution >= 4 is 22.7 Å². The SMILES string of the molecule is Cc1ccsc1C(C)(O)Cc1nc(C)c(C)s1. The Bertz CT molecular complexity index is 506. The number of aromatic nitrogens is 1. The largest absolute Gasteiger partial charge is 0.384 e. The average molecular weight is 267 g/mol. The Morgan fingerprint density at radius 1 is 1.35 bits per heavy atom. The van der Waals surface area contributed by atoms with Crippen molar-refractivity contribution in [2.75, 3.05) is 0 Å². The molecule has 4 heteroatoms. The van der Waals surface area contributed by atoms with Crippen molar-refractivity contribution in [3.63, 3.8) is 0 Å². The van der Waals surface area contributed by atoms with Crippen molar-refractivity contribution in [3.8, 4) is 0 Å². The predicted octanol–water partition coefficient (Wildman–Crippen LogP) is 3.58. The first-order valence-electron chi connectivity index (χ1n) is 5.60. The van der Waals surface area contributed by atoms with Crippen LogP contribution in [0.5, 0.6) is 0 Å². The highest BCUT2D eigenvalue weighted by Crippen LogP contribution is 2.33. The van der Waals surface area contributed by atoms with Crippen LogP contribution in [0.1, 0.15) is 32.9 Å². The second-order valence-corrected chi connectivity index (χ2v) is 6.84. The zero-order chi connectivity index (χ0) is 12.6. The van der Waals surface area contributed by atoms with Crippen LogP contribution in [-0.4, -0.2) is 10.1 Å². The van der Waals surface area contributed by atoms with Crippen molar-refractivity contribution in [1.82, 2.24) is 4.98 Å². The molecule has 17 heavy (non-hydrogen) atoms. The van der Waals surface area contributed by atoms with Gasteiger partial charge in [0.25, 0.3) is 0 Å². The summed E-state index contributed by atoms with van der Waals surface area (Å²) in [5, 5.41) is 13.6. The zero-order valence-corrected chi connectivity index (χ0v) is 12.2. The minimum absolute atomic E-state index is 0.591. The van der Waals surface area contributed by atoms with Crippen LogP contribution in [-0.2, 0) is 12.0 Å². The van der Waals surface area contributed by atoms with Crippen molar-refractivity contribution in [2.45, 2.75) is 39.7 Å². The number of rotatable bonds is 3. The summed E-state index contributed by atoms with van der Waals surface area (Å²) in [6.45, 7) is 8.00. The van der Waals surface area contributed by atoms with E-state index in [9.17, 15) is 5.11 Å². The molecule has 1 N–H and O–H groups in total. The fourth-order valence-corrected chi connectivity index (χ4v) is 3.98. The Balaban J connectivity index is 2.26. The fraction of sp³-hybridized carbons (Fsp3) is 0.462. The van der Waals surface area contributed by atoms with Crippen molar-refractivity contribution in [3.05, 3.63) is 37.5 Å². The van der Waals surface area contributed by atoms with E-state index < -0.39 is 5.60 Å². The van der Waals surface area contributed by atoms with Gasteiger partial charge < -0.3 is 5.11 Å². The molecule has 0 aliphatic heterocycles. The maximum atomic E-state index is 10.6. The molecule has 0 aromatic carbocycles. The van der Waals surface area contributed by atoms with E-state index in [2.05, 4.69) is 11.9 Å². The fourth-order valence-electron chi connectivity index (χ4n) is 1.91.